The molecular formula is C11H22N2O. The second kappa shape index (κ2) is 4.78. The van der Waals surface area contributed by atoms with Crippen molar-refractivity contribution in [2.45, 2.75) is 37.6 Å². The van der Waals surface area contributed by atoms with Crippen molar-refractivity contribution in [2.75, 3.05) is 27.7 Å². The summed E-state index contributed by atoms with van der Waals surface area (Å²) in [6.45, 7) is 0.865. The number of hydrogen-bond donors (Lipinski definition) is 0. The van der Waals surface area contributed by atoms with Crippen LogP contribution < -0.4 is 0 Å². The van der Waals surface area contributed by atoms with E-state index in [9.17, 15) is 4.79 Å². The van der Waals surface area contributed by atoms with E-state index in [1.54, 1.807) is 4.90 Å². The SMILES string of the molecule is CN(C=O)CC1(N(C)C)CCCCC1. The van der Waals surface area contributed by atoms with Crippen molar-refractivity contribution in [3.05, 3.63) is 0 Å². The first-order chi connectivity index (χ1) is 6.60. The van der Waals surface area contributed by atoms with E-state index in [0.717, 1.165) is 13.0 Å². The summed E-state index contributed by atoms with van der Waals surface area (Å²) in [5, 5.41) is 0. The van der Waals surface area contributed by atoms with Gasteiger partial charge in [0.05, 0.1) is 0 Å². The lowest BCUT2D eigenvalue weighted by Crippen LogP contribution is -2.52. The van der Waals surface area contributed by atoms with Crippen LogP contribution in [0.25, 0.3) is 0 Å². The fraction of sp³-hybridized carbons (Fsp3) is 0.909. The number of hydrogen-bond acceptors (Lipinski definition) is 2. The first kappa shape index (κ1) is 11.5. The third-order valence-electron chi connectivity index (χ3n) is 3.46. The van der Waals surface area contributed by atoms with Gasteiger partial charge in [0.15, 0.2) is 0 Å². The van der Waals surface area contributed by atoms with E-state index in [2.05, 4.69) is 19.0 Å². The molecule has 0 aromatic rings. The zero-order valence-electron chi connectivity index (χ0n) is 9.62. The van der Waals surface area contributed by atoms with E-state index in [4.69, 9.17) is 0 Å². The lowest BCUT2D eigenvalue weighted by molar-refractivity contribution is -0.118. The predicted octanol–water partition coefficient (Wildman–Crippen LogP) is 1.34. The van der Waals surface area contributed by atoms with Crippen molar-refractivity contribution in [3.8, 4) is 0 Å². The van der Waals surface area contributed by atoms with E-state index in [1.807, 2.05) is 7.05 Å². The summed E-state index contributed by atoms with van der Waals surface area (Å²) in [5.41, 5.74) is 0.230. The van der Waals surface area contributed by atoms with Crippen LogP contribution in [0.2, 0.25) is 0 Å². The fourth-order valence-corrected chi connectivity index (χ4v) is 2.46. The minimum absolute atomic E-state index is 0.230. The molecule has 14 heavy (non-hydrogen) atoms. The molecule has 3 nitrogen and oxygen atoms in total. The van der Waals surface area contributed by atoms with Gasteiger partial charge in [0.1, 0.15) is 0 Å². The fourth-order valence-electron chi connectivity index (χ4n) is 2.46. The van der Waals surface area contributed by atoms with Crippen molar-refractivity contribution in [2.24, 2.45) is 0 Å². The van der Waals surface area contributed by atoms with Crippen molar-refractivity contribution in [1.82, 2.24) is 9.80 Å². The topological polar surface area (TPSA) is 23.6 Å². The summed E-state index contributed by atoms with van der Waals surface area (Å²) in [7, 11) is 6.13. The molecule has 0 aromatic carbocycles. The molecule has 0 bridgehead atoms. The van der Waals surface area contributed by atoms with E-state index < -0.39 is 0 Å². The Balaban J connectivity index is 2.65. The van der Waals surface area contributed by atoms with Crippen molar-refractivity contribution in [3.63, 3.8) is 0 Å². The molecule has 1 rings (SSSR count). The summed E-state index contributed by atoms with van der Waals surface area (Å²) in [5.74, 6) is 0. The first-order valence-electron chi connectivity index (χ1n) is 5.44. The van der Waals surface area contributed by atoms with Gasteiger partial charge in [0, 0.05) is 19.1 Å². The van der Waals surface area contributed by atoms with Gasteiger partial charge in [-0.3, -0.25) is 4.79 Å². The largest absolute Gasteiger partial charge is 0.346 e. The van der Waals surface area contributed by atoms with Crippen LogP contribution in [0.15, 0.2) is 0 Å². The van der Waals surface area contributed by atoms with Gasteiger partial charge in [-0.1, -0.05) is 19.3 Å². The highest BCUT2D eigenvalue weighted by Crippen LogP contribution is 2.32. The van der Waals surface area contributed by atoms with Crippen LogP contribution in [0, 0.1) is 0 Å². The van der Waals surface area contributed by atoms with Crippen LogP contribution in [0.3, 0.4) is 0 Å². The molecule has 82 valence electrons. The summed E-state index contributed by atoms with van der Waals surface area (Å²) < 4.78 is 0. The smallest absolute Gasteiger partial charge is 0.209 e. The Bertz CT molecular complexity index is 186. The number of nitrogens with zero attached hydrogens (tertiary/aromatic N) is 2. The third-order valence-corrected chi connectivity index (χ3v) is 3.46. The lowest BCUT2D eigenvalue weighted by atomic mass is 9.80. The minimum Gasteiger partial charge on any atom is -0.346 e. The zero-order chi connectivity index (χ0) is 10.6. The Kier molecular flexibility index (Phi) is 3.93. The van der Waals surface area contributed by atoms with E-state index >= 15 is 0 Å². The summed E-state index contributed by atoms with van der Waals surface area (Å²) in [4.78, 5) is 14.7. The summed E-state index contributed by atoms with van der Waals surface area (Å²) >= 11 is 0. The number of likely N-dealkylation sites (N-methyl/N-ethyl adjacent to an activating group) is 2. The Hall–Kier alpha value is -0.570. The molecule has 0 unspecified atom stereocenters. The predicted molar refractivity (Wildman–Crippen MR) is 58.2 cm³/mol. The monoisotopic (exact) mass is 198 g/mol. The molecule has 1 fully saturated rings. The molecule has 0 radical (unpaired) electrons. The van der Waals surface area contributed by atoms with Crippen LogP contribution in [-0.2, 0) is 4.79 Å². The molecule has 0 aromatic heterocycles. The summed E-state index contributed by atoms with van der Waals surface area (Å²) in [6.07, 6.45) is 7.31. The highest BCUT2D eigenvalue weighted by atomic mass is 16.1. The second-order valence-corrected chi connectivity index (χ2v) is 4.70. The zero-order valence-corrected chi connectivity index (χ0v) is 9.62. The molecule has 1 aliphatic carbocycles. The quantitative estimate of drug-likeness (QED) is 0.636. The van der Waals surface area contributed by atoms with Crippen molar-refractivity contribution < 1.29 is 4.79 Å². The van der Waals surface area contributed by atoms with Crippen LogP contribution in [0.5, 0.6) is 0 Å². The Labute approximate surface area is 87.1 Å². The normalized spacial score (nSPS) is 20.9. The standard InChI is InChI=1S/C11H22N2O/c1-12(2)11(9-13(3)10-14)7-5-4-6-8-11/h10H,4-9H2,1-3H3. The molecule has 1 aliphatic rings. The van der Waals surface area contributed by atoms with Crippen LogP contribution in [-0.4, -0.2) is 49.4 Å². The maximum Gasteiger partial charge on any atom is 0.209 e. The van der Waals surface area contributed by atoms with E-state index in [-0.39, 0.29) is 5.54 Å². The Morgan fingerprint density at radius 3 is 2.14 bits per heavy atom. The van der Waals surface area contributed by atoms with Gasteiger partial charge in [0.2, 0.25) is 6.41 Å². The van der Waals surface area contributed by atoms with Gasteiger partial charge in [-0.15, -0.1) is 0 Å². The van der Waals surface area contributed by atoms with Gasteiger partial charge in [0.25, 0.3) is 0 Å². The molecule has 0 saturated heterocycles. The van der Waals surface area contributed by atoms with Gasteiger partial charge in [-0.2, -0.15) is 0 Å². The molecule has 3 heteroatoms. The van der Waals surface area contributed by atoms with Gasteiger partial charge >= 0.3 is 0 Å². The molecular weight excluding hydrogens is 176 g/mol. The molecule has 0 spiro atoms. The maximum absolute atomic E-state index is 10.7. The highest BCUT2D eigenvalue weighted by molar-refractivity contribution is 5.46. The van der Waals surface area contributed by atoms with Crippen molar-refractivity contribution >= 4 is 6.41 Å². The average Bonchev–Trinajstić information content (AvgIpc) is 2.19. The first-order valence-corrected chi connectivity index (χ1v) is 5.44. The second-order valence-electron chi connectivity index (χ2n) is 4.70. The Morgan fingerprint density at radius 1 is 1.14 bits per heavy atom. The molecule has 0 aliphatic heterocycles. The van der Waals surface area contributed by atoms with Gasteiger partial charge < -0.3 is 9.80 Å². The van der Waals surface area contributed by atoms with Gasteiger partial charge in [-0.25, -0.2) is 0 Å². The minimum atomic E-state index is 0.230. The number of rotatable bonds is 4. The molecule has 0 atom stereocenters. The number of amides is 1. The van der Waals surface area contributed by atoms with Crippen LogP contribution >= 0.6 is 0 Å². The Morgan fingerprint density at radius 2 is 1.71 bits per heavy atom. The maximum atomic E-state index is 10.7. The average molecular weight is 198 g/mol. The van der Waals surface area contributed by atoms with E-state index in [0.29, 0.717) is 0 Å². The summed E-state index contributed by atoms with van der Waals surface area (Å²) in [6, 6.07) is 0. The van der Waals surface area contributed by atoms with Gasteiger partial charge in [-0.05, 0) is 26.9 Å². The molecule has 0 heterocycles. The highest BCUT2D eigenvalue weighted by Gasteiger charge is 2.34. The number of carbonyl (C=O) groups is 1. The molecule has 1 saturated carbocycles. The lowest BCUT2D eigenvalue weighted by Gasteiger charge is -2.44. The number of carbonyl (C=O) groups excluding carboxylic acids is 1. The van der Waals surface area contributed by atoms with Crippen LogP contribution in [0.4, 0.5) is 0 Å². The third kappa shape index (κ3) is 2.47. The molecule has 0 N–H and O–H groups in total. The van der Waals surface area contributed by atoms with Crippen molar-refractivity contribution in [1.29, 1.82) is 0 Å². The molecule has 1 amide bonds. The van der Waals surface area contributed by atoms with Crippen LogP contribution in [0.1, 0.15) is 32.1 Å². The van der Waals surface area contributed by atoms with E-state index in [1.165, 1.54) is 32.1 Å².